The number of ketones is 1. The SMILES string of the molecule is COC(=O)[C@@](N)(CSC(C)c1ccccc1)C(=O)[C@@H](N)CC(=O)O. The van der Waals surface area contributed by atoms with E-state index in [1.54, 1.807) is 0 Å². The second-order valence-corrected chi connectivity index (χ2v) is 6.72. The van der Waals surface area contributed by atoms with Crippen LogP contribution >= 0.6 is 11.8 Å². The first-order chi connectivity index (χ1) is 11.2. The minimum Gasteiger partial charge on any atom is -0.481 e. The molecule has 0 radical (unpaired) electrons. The molecule has 8 heteroatoms. The number of carbonyl (C=O) groups is 3. The maximum atomic E-state index is 12.4. The first kappa shape index (κ1) is 20.1. The second-order valence-electron chi connectivity index (χ2n) is 5.40. The first-order valence-electron chi connectivity index (χ1n) is 7.28. The van der Waals surface area contributed by atoms with Crippen molar-refractivity contribution in [3.63, 3.8) is 0 Å². The number of Topliss-reactive ketones (excluding diaryl/α,β-unsaturated/α-hetero) is 1. The summed E-state index contributed by atoms with van der Waals surface area (Å²) in [6.07, 6.45) is -0.603. The van der Waals surface area contributed by atoms with Crippen molar-refractivity contribution in [2.24, 2.45) is 11.5 Å². The van der Waals surface area contributed by atoms with Gasteiger partial charge in [-0.1, -0.05) is 30.3 Å². The molecule has 1 aromatic carbocycles. The number of esters is 1. The predicted molar refractivity (Wildman–Crippen MR) is 91.5 cm³/mol. The molecule has 0 aliphatic heterocycles. The van der Waals surface area contributed by atoms with Crippen LogP contribution in [0, 0.1) is 0 Å². The highest BCUT2D eigenvalue weighted by atomic mass is 32.2. The van der Waals surface area contributed by atoms with E-state index in [2.05, 4.69) is 4.74 Å². The molecule has 0 saturated heterocycles. The van der Waals surface area contributed by atoms with Gasteiger partial charge in [-0.15, -0.1) is 0 Å². The number of benzene rings is 1. The van der Waals surface area contributed by atoms with E-state index >= 15 is 0 Å². The Balaban J connectivity index is 2.90. The standard InChI is InChI=1S/C16H22N2O5S/c1-10(11-6-4-3-5-7-11)24-9-16(18,15(22)23-2)14(21)12(17)8-13(19)20/h3-7,10,12H,8-9,17-18H2,1-2H3,(H,19,20)/t10?,12-,16+/m0/s1. The number of hydrogen-bond donors (Lipinski definition) is 3. The van der Waals surface area contributed by atoms with Gasteiger partial charge in [0.05, 0.1) is 19.6 Å². The van der Waals surface area contributed by atoms with Gasteiger partial charge in [0, 0.05) is 11.0 Å². The number of rotatable bonds is 9. The number of carboxylic acid groups (broad SMARTS) is 1. The van der Waals surface area contributed by atoms with Gasteiger partial charge in [0.15, 0.2) is 11.3 Å². The lowest BCUT2D eigenvalue weighted by Crippen LogP contribution is -2.62. The van der Waals surface area contributed by atoms with Gasteiger partial charge >= 0.3 is 11.9 Å². The molecule has 0 aliphatic carbocycles. The van der Waals surface area contributed by atoms with Crippen molar-refractivity contribution < 1.29 is 24.2 Å². The van der Waals surface area contributed by atoms with Crippen LogP contribution in [0.1, 0.15) is 24.2 Å². The average Bonchev–Trinajstić information content (AvgIpc) is 2.57. The first-order valence-corrected chi connectivity index (χ1v) is 8.32. The molecule has 5 N–H and O–H groups in total. The van der Waals surface area contributed by atoms with Gasteiger partial charge in [0.1, 0.15) is 0 Å². The molecule has 0 heterocycles. The fraction of sp³-hybridized carbons (Fsp3) is 0.438. The summed E-state index contributed by atoms with van der Waals surface area (Å²) in [4.78, 5) is 35.2. The Morgan fingerprint density at radius 2 is 1.88 bits per heavy atom. The summed E-state index contributed by atoms with van der Waals surface area (Å²) in [6, 6.07) is 8.13. The summed E-state index contributed by atoms with van der Waals surface area (Å²) in [5, 5.41) is 8.74. The van der Waals surface area contributed by atoms with Crippen LogP contribution in [0.25, 0.3) is 0 Å². The topological polar surface area (TPSA) is 133 Å². The minimum atomic E-state index is -1.99. The molecule has 1 aromatic rings. The van der Waals surface area contributed by atoms with Gasteiger partial charge in [-0.05, 0) is 12.5 Å². The Kier molecular flexibility index (Phi) is 7.40. The second kappa shape index (κ2) is 8.81. The molecule has 0 aliphatic rings. The Morgan fingerprint density at radius 1 is 1.29 bits per heavy atom. The van der Waals surface area contributed by atoms with Crippen LogP contribution in [0.15, 0.2) is 30.3 Å². The predicted octanol–water partition coefficient (Wildman–Crippen LogP) is 0.722. The van der Waals surface area contributed by atoms with Crippen molar-refractivity contribution in [1.29, 1.82) is 0 Å². The van der Waals surface area contributed by atoms with Crippen molar-refractivity contribution in [2.45, 2.75) is 30.2 Å². The Labute approximate surface area is 144 Å². The van der Waals surface area contributed by atoms with Crippen molar-refractivity contribution in [2.75, 3.05) is 12.9 Å². The Hall–Kier alpha value is -1.90. The summed E-state index contributed by atoms with van der Waals surface area (Å²) in [5.74, 6) is -3.08. The molecule has 0 amide bonds. The summed E-state index contributed by atoms with van der Waals surface area (Å²) in [6.45, 7) is 1.92. The largest absolute Gasteiger partial charge is 0.481 e. The molecular formula is C16H22N2O5S. The smallest absolute Gasteiger partial charge is 0.334 e. The van der Waals surface area contributed by atoms with Gasteiger partial charge < -0.3 is 21.3 Å². The van der Waals surface area contributed by atoms with Crippen molar-refractivity contribution in [3.8, 4) is 0 Å². The molecular weight excluding hydrogens is 332 g/mol. The van der Waals surface area contributed by atoms with E-state index in [-0.39, 0.29) is 11.0 Å². The summed E-state index contributed by atoms with van der Waals surface area (Å²) in [7, 11) is 1.12. The zero-order valence-corrected chi connectivity index (χ0v) is 14.4. The lowest BCUT2D eigenvalue weighted by atomic mass is 9.91. The third-order valence-electron chi connectivity index (χ3n) is 3.55. The molecule has 3 atom stereocenters. The van der Waals surface area contributed by atoms with E-state index in [9.17, 15) is 14.4 Å². The number of nitrogens with two attached hydrogens (primary N) is 2. The molecule has 24 heavy (non-hydrogen) atoms. The highest BCUT2D eigenvalue weighted by Crippen LogP contribution is 2.31. The van der Waals surface area contributed by atoms with E-state index in [0.717, 1.165) is 12.7 Å². The third kappa shape index (κ3) is 5.05. The summed E-state index contributed by atoms with van der Waals surface area (Å²) >= 11 is 1.30. The summed E-state index contributed by atoms with van der Waals surface area (Å²) in [5.41, 5.74) is 10.6. The number of carbonyl (C=O) groups excluding carboxylic acids is 2. The van der Waals surface area contributed by atoms with Gasteiger partial charge in [0.2, 0.25) is 0 Å². The van der Waals surface area contributed by atoms with Crippen LogP contribution in [0.3, 0.4) is 0 Å². The van der Waals surface area contributed by atoms with Gasteiger partial charge in [-0.2, -0.15) is 11.8 Å². The maximum Gasteiger partial charge on any atom is 0.334 e. The molecule has 7 nitrogen and oxygen atoms in total. The van der Waals surface area contributed by atoms with Crippen LogP contribution in [-0.2, 0) is 19.1 Å². The van der Waals surface area contributed by atoms with E-state index in [1.807, 2.05) is 37.3 Å². The quantitative estimate of drug-likeness (QED) is 0.436. The highest BCUT2D eigenvalue weighted by molar-refractivity contribution is 7.99. The average molecular weight is 354 g/mol. The lowest BCUT2D eigenvalue weighted by Gasteiger charge is -2.28. The Morgan fingerprint density at radius 3 is 2.38 bits per heavy atom. The van der Waals surface area contributed by atoms with Gasteiger partial charge in [-0.25, -0.2) is 4.79 Å². The minimum absolute atomic E-state index is 0.0257. The molecule has 0 bridgehead atoms. The molecule has 1 rings (SSSR count). The van der Waals surface area contributed by atoms with E-state index < -0.39 is 35.7 Å². The fourth-order valence-electron chi connectivity index (χ4n) is 2.10. The van der Waals surface area contributed by atoms with E-state index in [1.165, 1.54) is 11.8 Å². The number of aliphatic carboxylic acids is 1. The lowest BCUT2D eigenvalue weighted by molar-refractivity contribution is -0.151. The summed E-state index contributed by atoms with van der Waals surface area (Å²) < 4.78 is 4.63. The van der Waals surface area contributed by atoms with Crippen molar-refractivity contribution >= 4 is 29.5 Å². The van der Waals surface area contributed by atoms with Crippen LogP contribution in [0.5, 0.6) is 0 Å². The van der Waals surface area contributed by atoms with E-state index in [4.69, 9.17) is 16.6 Å². The number of thioether (sulfide) groups is 1. The molecule has 0 fully saturated rings. The number of hydrogen-bond acceptors (Lipinski definition) is 7. The number of ether oxygens (including phenoxy) is 1. The normalized spacial score (nSPS) is 15.8. The van der Waals surface area contributed by atoms with Crippen molar-refractivity contribution in [3.05, 3.63) is 35.9 Å². The number of methoxy groups -OCH3 is 1. The van der Waals surface area contributed by atoms with Crippen LogP contribution < -0.4 is 11.5 Å². The highest BCUT2D eigenvalue weighted by Gasteiger charge is 2.46. The van der Waals surface area contributed by atoms with Crippen LogP contribution in [0.2, 0.25) is 0 Å². The zero-order chi connectivity index (χ0) is 18.3. The monoisotopic (exact) mass is 354 g/mol. The van der Waals surface area contributed by atoms with Crippen LogP contribution in [0.4, 0.5) is 0 Å². The molecule has 1 unspecified atom stereocenters. The molecule has 0 aromatic heterocycles. The van der Waals surface area contributed by atoms with Gasteiger partial charge in [-0.3, -0.25) is 9.59 Å². The third-order valence-corrected chi connectivity index (χ3v) is 4.94. The molecule has 132 valence electrons. The fourth-order valence-corrected chi connectivity index (χ4v) is 3.22. The van der Waals surface area contributed by atoms with Crippen molar-refractivity contribution in [1.82, 2.24) is 0 Å². The zero-order valence-electron chi connectivity index (χ0n) is 13.6. The van der Waals surface area contributed by atoms with Gasteiger partial charge in [0.25, 0.3) is 0 Å². The number of carboxylic acids is 1. The molecule has 0 saturated carbocycles. The van der Waals surface area contributed by atoms with E-state index in [0.29, 0.717) is 0 Å². The van der Waals surface area contributed by atoms with Crippen LogP contribution in [-0.4, -0.2) is 47.3 Å². The Bertz CT molecular complexity index is 595. The maximum absolute atomic E-state index is 12.4. The molecule has 0 spiro atoms.